The maximum Gasteiger partial charge on any atom is 0.295 e. The Bertz CT molecular complexity index is 1070. The van der Waals surface area contributed by atoms with Gasteiger partial charge in [-0.25, -0.2) is 0 Å². The molecule has 0 bridgehead atoms. The summed E-state index contributed by atoms with van der Waals surface area (Å²) in [5.74, 6) is -0.793. The number of carbonyl (C=O) groups is 2. The van der Waals surface area contributed by atoms with Crippen molar-refractivity contribution in [2.45, 2.75) is 32.2 Å². The molecule has 1 unspecified atom stereocenters. The summed E-state index contributed by atoms with van der Waals surface area (Å²) in [4.78, 5) is 30.1. The van der Waals surface area contributed by atoms with E-state index in [0.29, 0.717) is 49.7 Å². The van der Waals surface area contributed by atoms with Crippen LogP contribution in [0.15, 0.2) is 54.1 Å². The molecule has 2 saturated heterocycles. The summed E-state index contributed by atoms with van der Waals surface area (Å²) in [6, 6.07) is 12.5. The van der Waals surface area contributed by atoms with Gasteiger partial charge in [-0.15, -0.1) is 0 Å². The number of ketones is 1. The summed E-state index contributed by atoms with van der Waals surface area (Å²) in [6.45, 7) is 6.94. The lowest BCUT2D eigenvalue weighted by atomic mass is 9.95. The molecule has 1 atom stereocenters. The molecule has 36 heavy (non-hydrogen) atoms. The number of phenolic OH excluding ortho intramolecular Hbond substituents is 1. The number of Topliss-reactive ketones (excluding diaryl/α,β-unsaturated/α-hetero) is 1. The van der Waals surface area contributed by atoms with Crippen molar-refractivity contribution in [3.05, 3.63) is 65.2 Å². The highest BCUT2D eigenvalue weighted by atomic mass is 16.5. The molecule has 0 radical (unpaired) electrons. The van der Waals surface area contributed by atoms with E-state index in [1.165, 1.54) is 17.0 Å². The first-order valence-electron chi connectivity index (χ1n) is 12.6. The molecular weight excluding hydrogens is 460 g/mol. The van der Waals surface area contributed by atoms with E-state index >= 15 is 0 Å². The average molecular weight is 495 g/mol. The maximum absolute atomic E-state index is 13.2. The number of unbranched alkanes of at least 4 members (excludes halogenated alkanes) is 1. The molecule has 2 N–H and O–H groups in total. The number of rotatable bonds is 10. The molecule has 4 rings (SSSR count). The van der Waals surface area contributed by atoms with Gasteiger partial charge >= 0.3 is 0 Å². The summed E-state index contributed by atoms with van der Waals surface area (Å²) < 4.78 is 11.1. The van der Waals surface area contributed by atoms with Crippen LogP contribution in [0.4, 0.5) is 0 Å². The second-order valence-electron chi connectivity index (χ2n) is 9.12. The number of phenols is 1. The summed E-state index contributed by atoms with van der Waals surface area (Å²) in [7, 11) is 0. The minimum absolute atomic E-state index is 0.0525. The van der Waals surface area contributed by atoms with Gasteiger partial charge in [0.2, 0.25) is 0 Å². The minimum atomic E-state index is -0.740. The molecule has 2 aromatic rings. The monoisotopic (exact) mass is 494 g/mol. The Hall–Kier alpha value is -3.36. The lowest BCUT2D eigenvalue weighted by Crippen LogP contribution is -2.38. The summed E-state index contributed by atoms with van der Waals surface area (Å²) in [6.07, 6.45) is 2.66. The minimum Gasteiger partial charge on any atom is -0.508 e. The molecule has 8 heteroatoms. The van der Waals surface area contributed by atoms with Crippen LogP contribution in [0.25, 0.3) is 5.76 Å². The predicted molar refractivity (Wildman–Crippen MR) is 136 cm³/mol. The Morgan fingerprint density at radius 1 is 1.00 bits per heavy atom. The molecule has 2 aliphatic heterocycles. The van der Waals surface area contributed by atoms with Crippen molar-refractivity contribution in [1.29, 1.82) is 0 Å². The molecule has 192 valence electrons. The molecule has 0 spiro atoms. The quantitative estimate of drug-likeness (QED) is 0.225. The Kier molecular flexibility index (Phi) is 8.61. The van der Waals surface area contributed by atoms with Crippen molar-refractivity contribution >= 4 is 17.4 Å². The molecule has 1 amide bonds. The molecule has 2 heterocycles. The number of nitrogens with zero attached hydrogens (tertiary/aromatic N) is 2. The molecule has 0 aromatic heterocycles. The zero-order valence-electron chi connectivity index (χ0n) is 20.7. The van der Waals surface area contributed by atoms with E-state index in [1.807, 2.05) is 0 Å². The molecule has 2 aliphatic rings. The lowest BCUT2D eigenvalue weighted by molar-refractivity contribution is -0.140. The maximum atomic E-state index is 13.2. The third kappa shape index (κ3) is 5.88. The van der Waals surface area contributed by atoms with Crippen LogP contribution >= 0.6 is 0 Å². The fourth-order valence-corrected chi connectivity index (χ4v) is 4.60. The average Bonchev–Trinajstić information content (AvgIpc) is 3.15. The highest BCUT2D eigenvalue weighted by Crippen LogP contribution is 2.40. The second kappa shape index (κ2) is 12.1. The van der Waals surface area contributed by atoms with Crippen LogP contribution in [-0.4, -0.2) is 77.7 Å². The van der Waals surface area contributed by atoms with E-state index in [-0.39, 0.29) is 17.1 Å². The standard InChI is InChI=1S/C28H34N2O6/c1-2-3-17-36-23-11-7-21(8-12-23)26(32)24-25(20-5-9-22(31)10-6-20)30(28(34)27(24)33)14-4-13-29-15-18-35-19-16-29/h5-12,25,31-32H,2-4,13-19H2,1H3. The SMILES string of the molecule is CCCCOc1ccc(C(O)=C2C(=O)C(=O)N(CCCN3CCOCC3)C2c2ccc(O)cc2)cc1. The van der Waals surface area contributed by atoms with Gasteiger partial charge in [0, 0.05) is 31.7 Å². The van der Waals surface area contributed by atoms with Crippen LogP contribution in [0.3, 0.4) is 0 Å². The van der Waals surface area contributed by atoms with E-state index in [1.54, 1.807) is 36.4 Å². The zero-order valence-corrected chi connectivity index (χ0v) is 20.7. The third-order valence-corrected chi connectivity index (χ3v) is 6.62. The van der Waals surface area contributed by atoms with Gasteiger partial charge in [0.1, 0.15) is 17.3 Å². The summed E-state index contributed by atoms with van der Waals surface area (Å²) in [5.41, 5.74) is 1.14. The number of carbonyl (C=O) groups excluding carboxylic acids is 2. The van der Waals surface area contributed by atoms with Crippen LogP contribution in [0.2, 0.25) is 0 Å². The smallest absolute Gasteiger partial charge is 0.295 e. The molecule has 0 aliphatic carbocycles. The van der Waals surface area contributed by atoms with Crippen molar-refractivity contribution < 1.29 is 29.3 Å². The van der Waals surface area contributed by atoms with Crippen LogP contribution < -0.4 is 4.74 Å². The van der Waals surface area contributed by atoms with E-state index in [9.17, 15) is 19.8 Å². The highest BCUT2D eigenvalue weighted by Gasteiger charge is 2.45. The number of hydrogen-bond donors (Lipinski definition) is 2. The van der Waals surface area contributed by atoms with Gasteiger partial charge < -0.3 is 24.6 Å². The van der Waals surface area contributed by atoms with Crippen molar-refractivity contribution in [2.24, 2.45) is 0 Å². The first kappa shape index (κ1) is 25.7. The van der Waals surface area contributed by atoms with Gasteiger partial charge in [0.25, 0.3) is 11.7 Å². The number of aromatic hydroxyl groups is 1. The molecular formula is C28H34N2O6. The lowest BCUT2D eigenvalue weighted by Gasteiger charge is -2.29. The largest absolute Gasteiger partial charge is 0.508 e. The fourth-order valence-electron chi connectivity index (χ4n) is 4.60. The van der Waals surface area contributed by atoms with E-state index in [4.69, 9.17) is 9.47 Å². The first-order valence-corrected chi connectivity index (χ1v) is 12.6. The van der Waals surface area contributed by atoms with Gasteiger partial charge in [0.05, 0.1) is 31.4 Å². The number of hydrogen-bond acceptors (Lipinski definition) is 7. The number of aliphatic hydroxyl groups is 1. The number of amides is 1. The number of morpholine rings is 1. The Morgan fingerprint density at radius 3 is 2.36 bits per heavy atom. The predicted octanol–water partition coefficient (Wildman–Crippen LogP) is 3.72. The number of ether oxygens (including phenoxy) is 2. The van der Waals surface area contributed by atoms with Gasteiger partial charge in [-0.1, -0.05) is 25.5 Å². The number of aliphatic hydroxyl groups excluding tert-OH is 1. The van der Waals surface area contributed by atoms with Crippen molar-refractivity contribution in [1.82, 2.24) is 9.80 Å². The van der Waals surface area contributed by atoms with Crippen molar-refractivity contribution in [2.75, 3.05) is 46.0 Å². The van der Waals surface area contributed by atoms with Crippen LogP contribution in [0, 0.1) is 0 Å². The Morgan fingerprint density at radius 2 is 1.69 bits per heavy atom. The van der Waals surface area contributed by atoms with Gasteiger partial charge in [-0.05, 0) is 54.8 Å². The van der Waals surface area contributed by atoms with E-state index in [0.717, 1.165) is 32.5 Å². The van der Waals surface area contributed by atoms with Gasteiger partial charge in [-0.3, -0.25) is 14.5 Å². The topological polar surface area (TPSA) is 99.5 Å². The van der Waals surface area contributed by atoms with Crippen LogP contribution in [0.5, 0.6) is 11.5 Å². The Labute approximate surface area is 211 Å². The summed E-state index contributed by atoms with van der Waals surface area (Å²) >= 11 is 0. The van der Waals surface area contributed by atoms with Crippen molar-refractivity contribution in [3.8, 4) is 11.5 Å². The fraction of sp³-hybridized carbons (Fsp3) is 0.429. The third-order valence-electron chi connectivity index (χ3n) is 6.62. The van der Waals surface area contributed by atoms with Gasteiger partial charge in [0.15, 0.2) is 0 Å². The van der Waals surface area contributed by atoms with Gasteiger partial charge in [-0.2, -0.15) is 0 Å². The first-order chi connectivity index (χ1) is 17.5. The van der Waals surface area contributed by atoms with E-state index in [2.05, 4.69) is 11.8 Å². The Balaban J connectivity index is 1.60. The van der Waals surface area contributed by atoms with Crippen molar-refractivity contribution in [3.63, 3.8) is 0 Å². The van der Waals surface area contributed by atoms with E-state index < -0.39 is 17.7 Å². The number of benzene rings is 2. The molecule has 2 aromatic carbocycles. The zero-order chi connectivity index (χ0) is 25.5. The van der Waals surface area contributed by atoms with Crippen LogP contribution in [0.1, 0.15) is 43.4 Å². The molecule has 8 nitrogen and oxygen atoms in total. The normalized spacial score (nSPS) is 20.1. The highest BCUT2D eigenvalue weighted by molar-refractivity contribution is 6.46. The molecule has 0 saturated carbocycles. The molecule has 2 fully saturated rings. The summed E-state index contributed by atoms with van der Waals surface area (Å²) in [5, 5.41) is 21.0. The van der Waals surface area contributed by atoms with Crippen LogP contribution in [-0.2, 0) is 14.3 Å². The second-order valence-corrected chi connectivity index (χ2v) is 9.12. The number of likely N-dealkylation sites (tertiary alicyclic amines) is 1.